The number of hydrogen-bond acceptors (Lipinski definition) is 5. The number of benzene rings is 2. The predicted molar refractivity (Wildman–Crippen MR) is 103 cm³/mol. The summed E-state index contributed by atoms with van der Waals surface area (Å²) in [5, 5.41) is 4.57. The van der Waals surface area contributed by atoms with Gasteiger partial charge in [-0.25, -0.2) is 4.68 Å². The number of methoxy groups -OCH3 is 1. The van der Waals surface area contributed by atoms with Crippen molar-refractivity contribution in [2.45, 2.75) is 25.6 Å². The van der Waals surface area contributed by atoms with E-state index in [1.165, 1.54) is 11.1 Å². The van der Waals surface area contributed by atoms with Gasteiger partial charge in [-0.1, -0.05) is 24.3 Å². The molecular formula is C20H21N3O2S. The first kappa shape index (κ1) is 17.0. The van der Waals surface area contributed by atoms with Crippen LogP contribution in [0.1, 0.15) is 23.6 Å². The molecule has 134 valence electrons. The summed E-state index contributed by atoms with van der Waals surface area (Å²) in [6, 6.07) is 16.6. The maximum Gasteiger partial charge on any atom is 0.288 e. The summed E-state index contributed by atoms with van der Waals surface area (Å²) in [6.07, 6.45) is 2.23. The topological polar surface area (TPSA) is 43.4 Å². The van der Waals surface area contributed by atoms with E-state index >= 15 is 0 Å². The van der Waals surface area contributed by atoms with Gasteiger partial charge in [0.1, 0.15) is 5.75 Å². The quantitative estimate of drug-likeness (QED) is 0.623. The molecule has 26 heavy (non-hydrogen) atoms. The second kappa shape index (κ2) is 7.05. The van der Waals surface area contributed by atoms with Gasteiger partial charge in [-0.15, -0.1) is 5.10 Å². The highest BCUT2D eigenvalue weighted by atomic mass is 32.1. The van der Waals surface area contributed by atoms with Gasteiger partial charge in [0.2, 0.25) is 5.89 Å². The zero-order chi connectivity index (χ0) is 18.1. The lowest BCUT2D eigenvalue weighted by molar-refractivity contribution is 0.180. The average Bonchev–Trinajstić information content (AvgIpc) is 3.26. The van der Waals surface area contributed by atoms with E-state index in [-0.39, 0.29) is 0 Å². The molecule has 2 aromatic carbocycles. The summed E-state index contributed by atoms with van der Waals surface area (Å²) in [4.78, 5) is 2.66. The first-order valence-corrected chi connectivity index (χ1v) is 9.07. The molecule has 1 aliphatic rings. The maximum atomic E-state index is 5.71. The smallest absolute Gasteiger partial charge is 0.288 e. The largest absolute Gasteiger partial charge is 0.497 e. The number of rotatable bonds is 5. The Morgan fingerprint density at radius 1 is 1.23 bits per heavy atom. The minimum absolute atomic E-state index is 0.383. The van der Waals surface area contributed by atoms with Gasteiger partial charge in [0.15, 0.2) is 0 Å². The van der Waals surface area contributed by atoms with Crippen LogP contribution in [0.2, 0.25) is 0 Å². The highest BCUT2D eigenvalue weighted by Gasteiger charge is 2.26. The normalized spacial score (nSPS) is 16.0. The first-order valence-electron chi connectivity index (χ1n) is 8.66. The van der Waals surface area contributed by atoms with Gasteiger partial charge in [0.25, 0.3) is 4.84 Å². The minimum Gasteiger partial charge on any atom is -0.497 e. The van der Waals surface area contributed by atoms with E-state index in [4.69, 9.17) is 21.4 Å². The monoisotopic (exact) mass is 367 g/mol. The number of nitrogens with zero attached hydrogens (tertiary/aromatic N) is 3. The molecular weight excluding hydrogens is 346 g/mol. The number of ether oxygens (including phenoxy) is 1. The molecule has 0 spiro atoms. The molecule has 6 heteroatoms. The fourth-order valence-electron chi connectivity index (χ4n) is 3.55. The van der Waals surface area contributed by atoms with Crippen LogP contribution >= 0.6 is 12.2 Å². The Bertz CT molecular complexity index is 962. The Morgan fingerprint density at radius 2 is 2.00 bits per heavy atom. The van der Waals surface area contributed by atoms with Crippen LogP contribution in [-0.4, -0.2) is 28.8 Å². The first-order chi connectivity index (χ1) is 12.7. The van der Waals surface area contributed by atoms with Crippen molar-refractivity contribution in [1.82, 2.24) is 14.7 Å². The van der Waals surface area contributed by atoms with Crippen LogP contribution < -0.4 is 4.74 Å². The van der Waals surface area contributed by atoms with Crippen molar-refractivity contribution in [2.24, 2.45) is 0 Å². The van der Waals surface area contributed by atoms with Gasteiger partial charge in [-0.3, -0.25) is 4.90 Å². The molecule has 1 heterocycles. The van der Waals surface area contributed by atoms with Crippen molar-refractivity contribution in [2.75, 3.05) is 14.2 Å². The fraction of sp³-hybridized carbons (Fsp3) is 0.300. The maximum absolute atomic E-state index is 5.71. The molecule has 0 N–H and O–H groups in total. The zero-order valence-corrected chi connectivity index (χ0v) is 15.7. The third-order valence-corrected chi connectivity index (χ3v) is 5.23. The SMILES string of the molecule is COc1ccc(-c2nn(CN(C)C3CCc4ccccc43)c(=S)o2)cc1. The lowest BCUT2D eigenvalue weighted by Gasteiger charge is -2.24. The molecule has 0 aliphatic heterocycles. The van der Waals surface area contributed by atoms with Crippen molar-refractivity contribution in [3.63, 3.8) is 0 Å². The molecule has 3 aromatic rings. The summed E-state index contributed by atoms with van der Waals surface area (Å²) in [5.41, 5.74) is 3.72. The average molecular weight is 367 g/mol. The second-order valence-corrected chi connectivity index (χ2v) is 6.90. The van der Waals surface area contributed by atoms with E-state index < -0.39 is 0 Å². The van der Waals surface area contributed by atoms with E-state index in [0.29, 0.717) is 23.4 Å². The van der Waals surface area contributed by atoms with Crippen molar-refractivity contribution >= 4 is 12.2 Å². The van der Waals surface area contributed by atoms with E-state index in [1.54, 1.807) is 11.8 Å². The van der Waals surface area contributed by atoms with Crippen molar-refractivity contribution in [1.29, 1.82) is 0 Å². The molecule has 4 rings (SSSR count). The molecule has 5 nitrogen and oxygen atoms in total. The van der Waals surface area contributed by atoms with Gasteiger partial charge < -0.3 is 9.15 Å². The van der Waals surface area contributed by atoms with E-state index in [9.17, 15) is 0 Å². The van der Waals surface area contributed by atoms with Gasteiger partial charge >= 0.3 is 0 Å². The molecule has 0 saturated heterocycles. The summed E-state index contributed by atoms with van der Waals surface area (Å²) in [7, 11) is 3.75. The van der Waals surface area contributed by atoms with E-state index in [0.717, 1.165) is 24.2 Å². The van der Waals surface area contributed by atoms with Crippen LogP contribution in [-0.2, 0) is 13.1 Å². The molecule has 1 aromatic heterocycles. The Balaban J connectivity index is 1.54. The van der Waals surface area contributed by atoms with Gasteiger partial charge in [0.05, 0.1) is 13.8 Å². The van der Waals surface area contributed by atoms with Gasteiger partial charge in [-0.05, 0) is 67.5 Å². The lowest BCUT2D eigenvalue weighted by Crippen LogP contribution is -2.26. The molecule has 1 atom stereocenters. The molecule has 1 unspecified atom stereocenters. The molecule has 0 radical (unpaired) electrons. The third kappa shape index (κ3) is 3.18. The Morgan fingerprint density at radius 3 is 2.77 bits per heavy atom. The molecule has 0 fully saturated rings. The van der Waals surface area contributed by atoms with Crippen molar-refractivity contribution < 1.29 is 9.15 Å². The summed E-state index contributed by atoms with van der Waals surface area (Å²) < 4.78 is 12.6. The molecule has 0 saturated carbocycles. The highest BCUT2D eigenvalue weighted by molar-refractivity contribution is 7.71. The summed E-state index contributed by atoms with van der Waals surface area (Å²) in [6.45, 7) is 0.595. The Hall–Kier alpha value is -2.44. The van der Waals surface area contributed by atoms with E-state index in [1.807, 2.05) is 24.3 Å². The van der Waals surface area contributed by atoms with Crippen LogP contribution in [0.3, 0.4) is 0 Å². The highest BCUT2D eigenvalue weighted by Crippen LogP contribution is 2.35. The number of aryl methyl sites for hydroxylation is 1. The second-order valence-electron chi connectivity index (χ2n) is 6.55. The van der Waals surface area contributed by atoms with Crippen LogP contribution in [0.25, 0.3) is 11.5 Å². The fourth-order valence-corrected chi connectivity index (χ4v) is 3.73. The lowest BCUT2D eigenvalue weighted by atomic mass is 10.1. The minimum atomic E-state index is 0.383. The van der Waals surface area contributed by atoms with Crippen LogP contribution in [0.5, 0.6) is 5.75 Å². The zero-order valence-electron chi connectivity index (χ0n) is 14.9. The van der Waals surface area contributed by atoms with Gasteiger partial charge in [0, 0.05) is 11.6 Å². The number of fused-ring (bicyclic) bond motifs is 1. The number of aromatic nitrogens is 2. The summed E-state index contributed by atoms with van der Waals surface area (Å²) >= 11 is 5.37. The van der Waals surface area contributed by atoms with Gasteiger partial charge in [-0.2, -0.15) is 0 Å². The van der Waals surface area contributed by atoms with Crippen molar-refractivity contribution in [3.05, 3.63) is 64.5 Å². The van der Waals surface area contributed by atoms with E-state index in [2.05, 4.69) is 41.3 Å². The summed E-state index contributed by atoms with van der Waals surface area (Å²) in [5.74, 6) is 1.32. The molecule has 0 amide bonds. The predicted octanol–water partition coefficient (Wildman–Crippen LogP) is 4.46. The Labute approximate surface area is 157 Å². The van der Waals surface area contributed by atoms with Crippen LogP contribution in [0.15, 0.2) is 52.9 Å². The molecule has 1 aliphatic carbocycles. The molecule has 0 bridgehead atoms. The third-order valence-electron chi connectivity index (χ3n) is 4.93. The number of hydrogen-bond donors (Lipinski definition) is 0. The standard InChI is InChI=1S/C20H21N3O2S/c1-22(18-12-9-14-5-3-4-6-17(14)18)13-23-20(26)25-19(21-23)15-7-10-16(24-2)11-8-15/h3-8,10-11,18H,9,12-13H2,1-2H3. The van der Waals surface area contributed by atoms with Crippen LogP contribution in [0.4, 0.5) is 0 Å². The van der Waals surface area contributed by atoms with Crippen LogP contribution in [0, 0.1) is 4.84 Å². The van der Waals surface area contributed by atoms with Crippen molar-refractivity contribution in [3.8, 4) is 17.2 Å². The Kier molecular flexibility index (Phi) is 4.61.